The third-order valence-electron chi connectivity index (χ3n) is 4.91. The lowest BCUT2D eigenvalue weighted by atomic mass is 9.97. The topological polar surface area (TPSA) is 160 Å². The normalized spacial score (nSPS) is 14.5. The number of carbonyl (C=O) groups excluding carboxylic acids is 4. The van der Waals surface area contributed by atoms with Gasteiger partial charge in [0.05, 0.1) is 13.2 Å². The van der Waals surface area contributed by atoms with Crippen LogP contribution in [-0.4, -0.2) is 60.6 Å². The molecule has 172 valence electrons. The van der Waals surface area contributed by atoms with E-state index in [9.17, 15) is 24.3 Å². The summed E-state index contributed by atoms with van der Waals surface area (Å²) in [4.78, 5) is 48.5. The molecular formula is C21H32N4O6. The highest BCUT2D eigenvalue weighted by molar-refractivity contribution is 5.93. The highest BCUT2D eigenvalue weighted by Gasteiger charge is 2.30. The second-order valence-electron chi connectivity index (χ2n) is 7.37. The van der Waals surface area contributed by atoms with Crippen LogP contribution in [0.25, 0.3) is 0 Å². The molecule has 1 rings (SSSR count). The van der Waals surface area contributed by atoms with Gasteiger partial charge < -0.3 is 31.5 Å². The van der Waals surface area contributed by atoms with Crippen LogP contribution in [0.5, 0.6) is 5.75 Å². The number of nitrogens with one attached hydrogen (secondary N) is 3. The molecule has 10 nitrogen and oxygen atoms in total. The lowest BCUT2D eigenvalue weighted by Crippen LogP contribution is -2.57. The van der Waals surface area contributed by atoms with E-state index in [1.807, 2.05) is 6.92 Å². The number of nitrogens with two attached hydrogens (primary N) is 1. The molecule has 4 atom stereocenters. The van der Waals surface area contributed by atoms with Crippen molar-refractivity contribution in [2.45, 2.75) is 51.7 Å². The summed E-state index contributed by atoms with van der Waals surface area (Å²) in [5.41, 5.74) is 6.76. The molecule has 0 saturated carbocycles. The van der Waals surface area contributed by atoms with E-state index in [0.717, 1.165) is 5.56 Å². The maximum atomic E-state index is 12.7. The first-order valence-electron chi connectivity index (χ1n) is 10.1. The number of benzene rings is 1. The summed E-state index contributed by atoms with van der Waals surface area (Å²) < 4.78 is 4.45. The van der Waals surface area contributed by atoms with E-state index < -0.39 is 41.8 Å². The Labute approximate surface area is 181 Å². The Balaban J connectivity index is 2.72. The molecule has 0 radical (unpaired) electrons. The number of rotatable bonds is 11. The zero-order valence-electron chi connectivity index (χ0n) is 18.3. The molecule has 3 amide bonds. The molecule has 10 heteroatoms. The Hall–Kier alpha value is -3.14. The van der Waals surface area contributed by atoms with Crippen molar-refractivity contribution in [1.82, 2.24) is 16.0 Å². The first-order valence-corrected chi connectivity index (χ1v) is 10.1. The van der Waals surface area contributed by atoms with Crippen molar-refractivity contribution in [2.75, 3.05) is 13.7 Å². The number of hydrogen-bond acceptors (Lipinski definition) is 7. The van der Waals surface area contributed by atoms with Gasteiger partial charge in [-0.05, 0) is 37.0 Å². The largest absolute Gasteiger partial charge is 0.508 e. The van der Waals surface area contributed by atoms with E-state index in [1.54, 1.807) is 19.1 Å². The van der Waals surface area contributed by atoms with Crippen LogP contribution in [0.2, 0.25) is 0 Å². The molecule has 0 aliphatic carbocycles. The summed E-state index contributed by atoms with van der Waals surface area (Å²) in [7, 11) is 1.20. The van der Waals surface area contributed by atoms with E-state index in [4.69, 9.17) is 5.73 Å². The molecule has 6 N–H and O–H groups in total. The molecular weight excluding hydrogens is 404 g/mol. The minimum atomic E-state index is -0.925. The van der Waals surface area contributed by atoms with Crippen molar-refractivity contribution in [3.05, 3.63) is 29.8 Å². The van der Waals surface area contributed by atoms with Crippen LogP contribution in [-0.2, 0) is 30.3 Å². The first kappa shape index (κ1) is 25.9. The van der Waals surface area contributed by atoms with E-state index in [1.165, 1.54) is 26.2 Å². The molecule has 0 fully saturated rings. The number of phenolic OH excluding ortho intramolecular Hbond substituents is 1. The van der Waals surface area contributed by atoms with Gasteiger partial charge in [-0.25, -0.2) is 0 Å². The third kappa shape index (κ3) is 8.63. The highest BCUT2D eigenvalue weighted by Crippen LogP contribution is 2.12. The number of ether oxygens (including phenoxy) is 1. The molecule has 0 aromatic heterocycles. The fourth-order valence-corrected chi connectivity index (χ4v) is 2.69. The summed E-state index contributed by atoms with van der Waals surface area (Å²) in [6.45, 7) is 4.84. The van der Waals surface area contributed by atoms with Gasteiger partial charge in [0, 0.05) is 0 Å². The molecule has 0 saturated heterocycles. The predicted octanol–water partition coefficient (Wildman–Crippen LogP) is -0.413. The second kappa shape index (κ2) is 12.5. The van der Waals surface area contributed by atoms with Gasteiger partial charge in [0.1, 0.15) is 24.4 Å². The average molecular weight is 437 g/mol. The monoisotopic (exact) mass is 436 g/mol. The average Bonchev–Trinajstić information content (AvgIpc) is 2.75. The number of phenols is 1. The number of esters is 1. The zero-order chi connectivity index (χ0) is 23.6. The maximum Gasteiger partial charge on any atom is 0.325 e. The fourth-order valence-electron chi connectivity index (χ4n) is 2.69. The van der Waals surface area contributed by atoms with Crippen LogP contribution in [0, 0.1) is 5.92 Å². The van der Waals surface area contributed by atoms with Gasteiger partial charge in [-0.1, -0.05) is 32.4 Å². The summed E-state index contributed by atoms with van der Waals surface area (Å²) in [6, 6.07) is 3.62. The number of carbonyl (C=O) groups is 4. The van der Waals surface area contributed by atoms with E-state index in [0.29, 0.717) is 6.42 Å². The van der Waals surface area contributed by atoms with Gasteiger partial charge in [0.2, 0.25) is 17.7 Å². The first-order chi connectivity index (χ1) is 14.6. The molecule has 0 aliphatic rings. The van der Waals surface area contributed by atoms with Crippen molar-refractivity contribution in [3.63, 3.8) is 0 Å². The summed E-state index contributed by atoms with van der Waals surface area (Å²) in [6.07, 6.45) is 0.835. The van der Waals surface area contributed by atoms with E-state index >= 15 is 0 Å². The summed E-state index contributed by atoms with van der Waals surface area (Å²) >= 11 is 0. The Morgan fingerprint density at radius 1 is 1.03 bits per heavy atom. The summed E-state index contributed by atoms with van der Waals surface area (Å²) in [5.74, 6) is -2.30. The Kier molecular flexibility index (Phi) is 10.5. The van der Waals surface area contributed by atoms with Crippen LogP contribution in [0.4, 0.5) is 0 Å². The molecule has 1 aromatic rings. The predicted molar refractivity (Wildman–Crippen MR) is 114 cm³/mol. The van der Waals surface area contributed by atoms with Crippen LogP contribution in [0.15, 0.2) is 24.3 Å². The molecule has 31 heavy (non-hydrogen) atoms. The Bertz CT molecular complexity index is 768. The van der Waals surface area contributed by atoms with Crippen LogP contribution in [0.1, 0.15) is 32.8 Å². The quantitative estimate of drug-likeness (QED) is 0.295. The molecule has 0 bridgehead atoms. The smallest absolute Gasteiger partial charge is 0.325 e. The van der Waals surface area contributed by atoms with Crippen LogP contribution < -0.4 is 21.7 Å². The van der Waals surface area contributed by atoms with Crippen LogP contribution in [0.3, 0.4) is 0 Å². The van der Waals surface area contributed by atoms with Crippen molar-refractivity contribution < 1.29 is 29.0 Å². The highest BCUT2D eigenvalue weighted by atomic mass is 16.5. The standard InChI is InChI=1S/C21H32N4O6/c1-5-12(2)18(21(30)24-13(3)19(28)23-11-17(27)31-4)25-20(29)16(22)10-14-6-8-15(26)9-7-14/h6-9,12-13,16,18,26H,5,10-11,22H2,1-4H3,(H,23,28)(H,24,30)(H,25,29)/t12?,13-,16-,18-/m1/s1. The number of hydrogen-bond donors (Lipinski definition) is 5. The van der Waals surface area contributed by atoms with Gasteiger partial charge in [0.15, 0.2) is 0 Å². The lowest BCUT2D eigenvalue weighted by molar-refractivity contribution is -0.141. The molecule has 0 aliphatic heterocycles. The van der Waals surface area contributed by atoms with Gasteiger partial charge in [-0.15, -0.1) is 0 Å². The van der Waals surface area contributed by atoms with Crippen molar-refractivity contribution >= 4 is 23.7 Å². The van der Waals surface area contributed by atoms with Gasteiger partial charge >= 0.3 is 5.97 Å². The SMILES string of the molecule is CCC(C)[C@@H](NC(=O)[C@H](N)Cc1ccc(O)cc1)C(=O)N[C@H](C)C(=O)NCC(=O)OC. The minimum Gasteiger partial charge on any atom is -0.508 e. The Morgan fingerprint density at radius 3 is 2.19 bits per heavy atom. The minimum absolute atomic E-state index is 0.111. The summed E-state index contributed by atoms with van der Waals surface area (Å²) in [5, 5.41) is 16.9. The van der Waals surface area contributed by atoms with Crippen molar-refractivity contribution in [3.8, 4) is 5.75 Å². The number of amides is 3. The van der Waals surface area contributed by atoms with E-state index in [2.05, 4.69) is 20.7 Å². The van der Waals surface area contributed by atoms with Gasteiger partial charge in [-0.2, -0.15) is 0 Å². The van der Waals surface area contributed by atoms with Crippen molar-refractivity contribution in [1.29, 1.82) is 0 Å². The lowest BCUT2D eigenvalue weighted by Gasteiger charge is -2.26. The van der Waals surface area contributed by atoms with Gasteiger partial charge in [-0.3, -0.25) is 19.2 Å². The maximum absolute atomic E-state index is 12.7. The molecule has 0 spiro atoms. The molecule has 1 aromatic carbocycles. The Morgan fingerprint density at radius 2 is 1.65 bits per heavy atom. The van der Waals surface area contributed by atoms with Gasteiger partial charge in [0.25, 0.3) is 0 Å². The second-order valence-corrected chi connectivity index (χ2v) is 7.37. The van der Waals surface area contributed by atoms with Crippen molar-refractivity contribution in [2.24, 2.45) is 11.7 Å². The van der Waals surface area contributed by atoms with E-state index in [-0.39, 0.29) is 24.6 Å². The fraction of sp³-hybridized carbons (Fsp3) is 0.524. The number of aromatic hydroxyl groups is 1. The molecule has 0 heterocycles. The molecule has 1 unspecified atom stereocenters. The number of methoxy groups -OCH3 is 1. The third-order valence-corrected chi connectivity index (χ3v) is 4.91. The zero-order valence-corrected chi connectivity index (χ0v) is 18.3. The van der Waals surface area contributed by atoms with Crippen LogP contribution >= 0.6 is 0 Å².